The molecule has 7 nitrogen and oxygen atoms in total. The van der Waals surface area contributed by atoms with Crippen molar-refractivity contribution in [2.45, 2.75) is 30.8 Å². The van der Waals surface area contributed by atoms with Gasteiger partial charge in [-0.25, -0.2) is 18.0 Å². The smallest absolute Gasteiger partial charge is 0.341 e. The van der Waals surface area contributed by atoms with Crippen molar-refractivity contribution in [3.63, 3.8) is 0 Å². The van der Waals surface area contributed by atoms with Gasteiger partial charge < -0.3 is 24.6 Å². The van der Waals surface area contributed by atoms with Crippen LogP contribution < -0.4 is 15.6 Å². The number of carboxylic acid groups (broad SMARTS) is 1. The van der Waals surface area contributed by atoms with Crippen LogP contribution in [0.3, 0.4) is 0 Å². The lowest BCUT2D eigenvalue weighted by molar-refractivity contribution is 0.0212. The zero-order chi connectivity index (χ0) is 20.4. The molecule has 3 heterocycles. The standard InChI is InChI=1S/C19H18F3N3O4/c20-10-4-13(10)25-5-9(19(27)28)18(26)8-3-11(21)17(15(22)16(8)25)24-6-12-14(7-24)29-2-1-23-12/h3,5,10,12-14,23H,1-2,4,6-7H2,(H,27,28)/t10?,12-,13?,14+/m0/s1. The van der Waals surface area contributed by atoms with Crippen molar-refractivity contribution in [3.05, 3.63) is 39.7 Å². The summed E-state index contributed by atoms with van der Waals surface area (Å²) in [5, 5.41) is 12.1. The number of nitrogens with zero attached hydrogens (tertiary/aromatic N) is 2. The third-order valence-corrected chi connectivity index (χ3v) is 5.88. The molecule has 2 aromatic rings. The number of pyridine rings is 1. The van der Waals surface area contributed by atoms with E-state index in [1.807, 2.05) is 0 Å². The summed E-state index contributed by atoms with van der Waals surface area (Å²) in [4.78, 5) is 25.4. The number of rotatable bonds is 3. The van der Waals surface area contributed by atoms with E-state index in [1.54, 1.807) is 0 Å². The Labute approximate surface area is 162 Å². The highest BCUT2D eigenvalue weighted by Gasteiger charge is 2.42. The number of carboxylic acids is 1. The number of halogens is 3. The van der Waals surface area contributed by atoms with Gasteiger partial charge in [-0.3, -0.25) is 4.79 Å². The molecule has 2 aliphatic heterocycles. The van der Waals surface area contributed by atoms with Crippen molar-refractivity contribution in [1.82, 2.24) is 9.88 Å². The number of aromatic nitrogens is 1. The fourth-order valence-corrected chi connectivity index (χ4v) is 4.35. The van der Waals surface area contributed by atoms with Crippen LogP contribution in [0.4, 0.5) is 18.9 Å². The normalized spacial score (nSPS) is 28.6. The second kappa shape index (κ2) is 6.46. The number of alkyl halides is 1. The molecule has 2 saturated heterocycles. The molecule has 0 radical (unpaired) electrons. The van der Waals surface area contributed by atoms with Crippen LogP contribution in [-0.4, -0.2) is 60.2 Å². The summed E-state index contributed by atoms with van der Waals surface area (Å²) >= 11 is 0. The molecular formula is C19H18F3N3O4. The Hall–Kier alpha value is -2.59. The topological polar surface area (TPSA) is 83.8 Å². The van der Waals surface area contributed by atoms with Gasteiger partial charge in [0.15, 0.2) is 5.82 Å². The SMILES string of the molecule is O=C(O)c1cn(C2CC2F)c2c(F)c(N3C[C@@H]4NCCO[C@@H]4C3)c(F)cc2c1=O. The van der Waals surface area contributed by atoms with Crippen molar-refractivity contribution in [3.8, 4) is 0 Å². The molecule has 1 aromatic heterocycles. The number of nitrogens with one attached hydrogen (secondary N) is 1. The Morgan fingerprint density at radius 2 is 2.07 bits per heavy atom. The summed E-state index contributed by atoms with van der Waals surface area (Å²) in [6, 6.07) is -0.00565. The van der Waals surface area contributed by atoms with E-state index in [4.69, 9.17) is 4.74 Å². The quantitative estimate of drug-likeness (QED) is 0.798. The first-order chi connectivity index (χ1) is 13.9. The van der Waals surface area contributed by atoms with Crippen molar-refractivity contribution in [2.24, 2.45) is 0 Å². The van der Waals surface area contributed by atoms with E-state index in [0.29, 0.717) is 19.7 Å². The van der Waals surface area contributed by atoms with Gasteiger partial charge >= 0.3 is 5.97 Å². The lowest BCUT2D eigenvalue weighted by atomic mass is 10.1. The summed E-state index contributed by atoms with van der Waals surface area (Å²) in [7, 11) is 0. The Bertz CT molecular complexity index is 1070. The summed E-state index contributed by atoms with van der Waals surface area (Å²) in [6.07, 6.45) is -0.457. The molecule has 3 fully saturated rings. The number of aromatic carboxylic acids is 1. The molecule has 2 N–H and O–H groups in total. The number of carbonyl (C=O) groups is 1. The number of hydrogen-bond donors (Lipinski definition) is 2. The molecule has 29 heavy (non-hydrogen) atoms. The Balaban J connectivity index is 1.70. The van der Waals surface area contributed by atoms with E-state index < -0.39 is 46.2 Å². The van der Waals surface area contributed by atoms with Crippen LogP contribution in [0, 0.1) is 11.6 Å². The average Bonchev–Trinajstić information content (AvgIpc) is 3.24. The van der Waals surface area contributed by atoms with Gasteiger partial charge in [-0.2, -0.15) is 0 Å². The van der Waals surface area contributed by atoms with Gasteiger partial charge in [0, 0.05) is 32.3 Å². The highest BCUT2D eigenvalue weighted by molar-refractivity contribution is 5.94. The Morgan fingerprint density at radius 3 is 2.72 bits per heavy atom. The monoisotopic (exact) mass is 409 g/mol. The molecule has 4 atom stereocenters. The van der Waals surface area contributed by atoms with E-state index in [1.165, 1.54) is 4.90 Å². The van der Waals surface area contributed by atoms with Crippen molar-refractivity contribution in [1.29, 1.82) is 0 Å². The maximum atomic E-state index is 15.6. The van der Waals surface area contributed by atoms with Crippen molar-refractivity contribution < 1.29 is 27.8 Å². The molecule has 3 aliphatic rings. The average molecular weight is 409 g/mol. The lowest BCUT2D eigenvalue weighted by Crippen LogP contribution is -2.47. The number of hydrogen-bond acceptors (Lipinski definition) is 5. The van der Waals surface area contributed by atoms with Gasteiger partial charge in [-0.05, 0) is 6.07 Å². The first kappa shape index (κ1) is 18.4. The van der Waals surface area contributed by atoms with Crippen molar-refractivity contribution in [2.75, 3.05) is 31.1 Å². The highest BCUT2D eigenvalue weighted by Crippen LogP contribution is 2.42. The fraction of sp³-hybridized carbons (Fsp3) is 0.474. The molecule has 2 unspecified atom stereocenters. The zero-order valence-corrected chi connectivity index (χ0v) is 15.2. The predicted molar refractivity (Wildman–Crippen MR) is 97.4 cm³/mol. The summed E-state index contributed by atoms with van der Waals surface area (Å²) < 4.78 is 51.0. The molecule has 5 rings (SSSR count). The van der Waals surface area contributed by atoms with Crippen LogP contribution in [0.5, 0.6) is 0 Å². The fourth-order valence-electron chi connectivity index (χ4n) is 4.35. The van der Waals surface area contributed by atoms with Gasteiger partial charge in [0.2, 0.25) is 5.43 Å². The van der Waals surface area contributed by atoms with Gasteiger partial charge in [0.05, 0.1) is 35.7 Å². The number of morpholine rings is 1. The first-order valence-corrected chi connectivity index (χ1v) is 9.41. The second-order valence-corrected chi connectivity index (χ2v) is 7.70. The van der Waals surface area contributed by atoms with Crippen molar-refractivity contribution >= 4 is 22.6 Å². The van der Waals surface area contributed by atoms with E-state index >= 15 is 4.39 Å². The van der Waals surface area contributed by atoms with Gasteiger partial charge in [-0.1, -0.05) is 0 Å². The molecule has 1 aromatic carbocycles. The molecular weight excluding hydrogens is 391 g/mol. The molecule has 154 valence electrons. The summed E-state index contributed by atoms with van der Waals surface area (Å²) in [6.45, 7) is 1.74. The summed E-state index contributed by atoms with van der Waals surface area (Å²) in [5.41, 5.74) is -2.23. The van der Waals surface area contributed by atoms with Crippen LogP contribution in [0.1, 0.15) is 22.8 Å². The lowest BCUT2D eigenvalue weighted by Gasteiger charge is -2.25. The van der Waals surface area contributed by atoms with Gasteiger partial charge in [-0.15, -0.1) is 0 Å². The highest BCUT2D eigenvalue weighted by atomic mass is 19.1. The Kier molecular flexibility index (Phi) is 4.11. The van der Waals surface area contributed by atoms with E-state index in [9.17, 15) is 23.5 Å². The minimum absolute atomic E-state index is 0.0755. The zero-order valence-electron chi connectivity index (χ0n) is 15.2. The molecule has 1 aliphatic carbocycles. The van der Waals surface area contributed by atoms with Crippen LogP contribution >= 0.6 is 0 Å². The number of benzene rings is 1. The third-order valence-electron chi connectivity index (χ3n) is 5.88. The largest absolute Gasteiger partial charge is 0.477 e. The van der Waals surface area contributed by atoms with Crippen LogP contribution in [0.2, 0.25) is 0 Å². The first-order valence-electron chi connectivity index (χ1n) is 9.41. The Morgan fingerprint density at radius 1 is 1.31 bits per heavy atom. The predicted octanol–water partition coefficient (Wildman–Crippen LogP) is 1.44. The van der Waals surface area contributed by atoms with Gasteiger partial charge in [0.1, 0.15) is 23.2 Å². The maximum Gasteiger partial charge on any atom is 0.341 e. The maximum absolute atomic E-state index is 15.6. The molecule has 0 bridgehead atoms. The molecule has 10 heteroatoms. The third kappa shape index (κ3) is 2.81. The molecule has 0 spiro atoms. The summed E-state index contributed by atoms with van der Waals surface area (Å²) in [5.74, 6) is -3.49. The minimum atomic E-state index is -1.53. The van der Waals surface area contributed by atoms with E-state index in [0.717, 1.165) is 16.8 Å². The van der Waals surface area contributed by atoms with Crippen LogP contribution in [0.25, 0.3) is 10.9 Å². The number of anilines is 1. The number of fused-ring (bicyclic) bond motifs is 2. The van der Waals surface area contributed by atoms with E-state index in [-0.39, 0.29) is 36.3 Å². The van der Waals surface area contributed by atoms with Crippen LogP contribution in [-0.2, 0) is 4.74 Å². The molecule has 0 amide bonds. The number of ether oxygens (including phenoxy) is 1. The van der Waals surface area contributed by atoms with Gasteiger partial charge in [0.25, 0.3) is 0 Å². The van der Waals surface area contributed by atoms with E-state index in [2.05, 4.69) is 5.32 Å². The second-order valence-electron chi connectivity index (χ2n) is 7.70. The minimum Gasteiger partial charge on any atom is -0.477 e. The molecule has 1 saturated carbocycles. The van der Waals surface area contributed by atoms with Crippen LogP contribution in [0.15, 0.2) is 17.1 Å².